The summed E-state index contributed by atoms with van der Waals surface area (Å²) in [5, 5.41) is 20.8. The molecular weight excluding hydrogens is 379 g/mol. The quantitative estimate of drug-likeness (QED) is 0.398. The van der Waals surface area contributed by atoms with E-state index in [1.54, 1.807) is 42.2 Å². The van der Waals surface area contributed by atoms with Crippen LogP contribution < -0.4 is 5.32 Å². The number of amides is 1. The number of aromatic amines is 1. The molecule has 1 amide bonds. The maximum atomic E-state index is 14.5. The van der Waals surface area contributed by atoms with Crippen LogP contribution in [0.25, 0.3) is 10.9 Å². The highest BCUT2D eigenvalue weighted by molar-refractivity contribution is 6.05. The van der Waals surface area contributed by atoms with Crippen molar-refractivity contribution in [1.29, 1.82) is 0 Å². The largest absolute Gasteiger partial charge is 0.336 e. The second-order valence-corrected chi connectivity index (χ2v) is 6.38. The lowest BCUT2D eigenvalue weighted by atomic mass is 10.0. The van der Waals surface area contributed by atoms with E-state index in [1.165, 1.54) is 24.3 Å². The van der Waals surface area contributed by atoms with Crippen LogP contribution >= 0.6 is 0 Å². The number of carbonyl (C=O) groups is 1. The number of benzene rings is 2. The number of imidazole rings is 1. The molecule has 2 N–H and O–H groups in total. The zero-order valence-corrected chi connectivity index (χ0v) is 15.2. The van der Waals surface area contributed by atoms with Crippen molar-refractivity contribution in [3.63, 3.8) is 0 Å². The van der Waals surface area contributed by atoms with E-state index in [-0.39, 0.29) is 16.9 Å². The average Bonchev–Trinajstić information content (AvgIpc) is 3.32. The van der Waals surface area contributed by atoms with Gasteiger partial charge in [-0.15, -0.1) is 0 Å². The van der Waals surface area contributed by atoms with E-state index in [0.29, 0.717) is 16.7 Å². The third kappa shape index (κ3) is 3.31. The predicted molar refractivity (Wildman–Crippen MR) is 102 cm³/mol. The first-order valence-electron chi connectivity index (χ1n) is 8.60. The summed E-state index contributed by atoms with van der Waals surface area (Å²) < 4.78 is 16.1. The number of aryl methyl sites for hydroxylation is 1. The van der Waals surface area contributed by atoms with Gasteiger partial charge in [0.1, 0.15) is 17.7 Å². The van der Waals surface area contributed by atoms with Gasteiger partial charge in [-0.3, -0.25) is 20.0 Å². The molecule has 9 nitrogen and oxygen atoms in total. The van der Waals surface area contributed by atoms with Gasteiger partial charge >= 0.3 is 0 Å². The zero-order chi connectivity index (χ0) is 20.5. The van der Waals surface area contributed by atoms with Crippen LogP contribution in [-0.4, -0.2) is 30.6 Å². The molecular formula is C19H15FN6O3. The van der Waals surface area contributed by atoms with Crippen molar-refractivity contribution in [2.24, 2.45) is 7.05 Å². The molecule has 0 bridgehead atoms. The van der Waals surface area contributed by atoms with Crippen molar-refractivity contribution in [3.05, 3.63) is 87.9 Å². The molecule has 4 rings (SSSR count). The van der Waals surface area contributed by atoms with Crippen LogP contribution in [0.3, 0.4) is 0 Å². The first kappa shape index (κ1) is 18.3. The maximum absolute atomic E-state index is 14.5. The molecule has 0 aliphatic rings. The number of carbonyl (C=O) groups excluding carboxylic acids is 1. The number of fused-ring (bicyclic) bond motifs is 1. The average molecular weight is 394 g/mol. The zero-order valence-electron chi connectivity index (χ0n) is 15.2. The maximum Gasteiger partial charge on any atom is 0.273 e. The van der Waals surface area contributed by atoms with Gasteiger partial charge in [-0.2, -0.15) is 5.10 Å². The van der Waals surface area contributed by atoms with Crippen LogP contribution in [0.4, 0.5) is 10.1 Å². The van der Waals surface area contributed by atoms with E-state index in [0.717, 1.165) is 0 Å². The molecule has 4 aromatic rings. The van der Waals surface area contributed by atoms with Crippen LogP contribution in [0.2, 0.25) is 0 Å². The van der Waals surface area contributed by atoms with Crippen LogP contribution in [-0.2, 0) is 7.05 Å². The monoisotopic (exact) mass is 394 g/mol. The number of halogens is 1. The Morgan fingerprint density at radius 3 is 2.79 bits per heavy atom. The van der Waals surface area contributed by atoms with Crippen LogP contribution in [0.1, 0.15) is 27.9 Å². The van der Waals surface area contributed by atoms with Gasteiger partial charge in [0.2, 0.25) is 0 Å². The SMILES string of the molecule is Cn1ccnc1[C@H](NC(=O)c1n[nH]c2ccc([N+](=O)[O-])cc12)c1ccccc1F. The summed E-state index contributed by atoms with van der Waals surface area (Å²) in [6.07, 6.45) is 3.23. The summed E-state index contributed by atoms with van der Waals surface area (Å²) in [4.78, 5) is 27.7. The second-order valence-electron chi connectivity index (χ2n) is 6.38. The first-order valence-corrected chi connectivity index (χ1v) is 8.60. The molecule has 0 radical (unpaired) electrons. The van der Waals surface area contributed by atoms with Gasteiger partial charge in [0, 0.05) is 42.5 Å². The highest BCUT2D eigenvalue weighted by Crippen LogP contribution is 2.26. The highest BCUT2D eigenvalue weighted by Gasteiger charge is 2.26. The molecule has 2 aromatic carbocycles. The van der Waals surface area contributed by atoms with Crippen molar-refractivity contribution in [2.75, 3.05) is 0 Å². The molecule has 0 aliphatic carbocycles. The molecule has 2 heterocycles. The van der Waals surface area contributed by atoms with E-state index in [1.807, 2.05) is 0 Å². The minimum atomic E-state index is -0.880. The Bertz CT molecular complexity index is 1230. The Morgan fingerprint density at radius 1 is 1.31 bits per heavy atom. The van der Waals surface area contributed by atoms with Gasteiger partial charge in [0.15, 0.2) is 5.69 Å². The van der Waals surface area contributed by atoms with Gasteiger partial charge in [-0.25, -0.2) is 9.37 Å². The molecule has 0 spiro atoms. The molecule has 10 heteroatoms. The Balaban J connectivity index is 1.75. The molecule has 29 heavy (non-hydrogen) atoms. The van der Waals surface area contributed by atoms with Crippen molar-refractivity contribution < 1.29 is 14.1 Å². The first-order chi connectivity index (χ1) is 14.0. The number of H-pyrrole nitrogens is 1. The van der Waals surface area contributed by atoms with Crippen molar-refractivity contribution in [1.82, 2.24) is 25.1 Å². The predicted octanol–water partition coefficient (Wildman–Crippen LogP) is 2.86. The number of hydrogen-bond donors (Lipinski definition) is 2. The lowest BCUT2D eigenvalue weighted by molar-refractivity contribution is -0.384. The number of hydrogen-bond acceptors (Lipinski definition) is 5. The van der Waals surface area contributed by atoms with E-state index < -0.39 is 22.7 Å². The van der Waals surface area contributed by atoms with Gasteiger partial charge in [-0.1, -0.05) is 18.2 Å². The molecule has 0 unspecified atom stereocenters. The summed E-state index contributed by atoms with van der Waals surface area (Å²) in [6.45, 7) is 0. The molecule has 0 fully saturated rings. The summed E-state index contributed by atoms with van der Waals surface area (Å²) in [5.74, 6) is -0.689. The van der Waals surface area contributed by atoms with E-state index in [2.05, 4.69) is 20.5 Å². The topological polar surface area (TPSA) is 119 Å². The Hall–Kier alpha value is -4.08. The van der Waals surface area contributed by atoms with Crippen LogP contribution in [0.5, 0.6) is 0 Å². The van der Waals surface area contributed by atoms with E-state index >= 15 is 0 Å². The highest BCUT2D eigenvalue weighted by atomic mass is 19.1. The van der Waals surface area contributed by atoms with Gasteiger partial charge in [0.05, 0.1) is 10.4 Å². The fraction of sp³-hybridized carbons (Fsp3) is 0.105. The van der Waals surface area contributed by atoms with Crippen LogP contribution in [0.15, 0.2) is 54.9 Å². The van der Waals surface area contributed by atoms with E-state index in [9.17, 15) is 19.3 Å². The molecule has 146 valence electrons. The number of rotatable bonds is 5. The number of nitrogens with one attached hydrogen (secondary N) is 2. The fourth-order valence-electron chi connectivity index (χ4n) is 3.13. The van der Waals surface area contributed by atoms with Gasteiger partial charge in [-0.05, 0) is 12.1 Å². The Kier molecular flexibility index (Phi) is 4.51. The second kappa shape index (κ2) is 7.15. The molecule has 0 saturated heterocycles. The standard InChI is InChI=1S/C19H15FN6O3/c1-25-9-8-21-18(25)16(12-4-2-3-5-14(12)20)22-19(27)17-13-10-11(26(28)29)6-7-15(13)23-24-17/h2-10,16H,1H3,(H,22,27)(H,23,24)/t16-/m1/s1. The minimum absolute atomic E-state index is 0.0285. The summed E-state index contributed by atoms with van der Waals surface area (Å²) >= 11 is 0. The summed E-state index contributed by atoms with van der Waals surface area (Å²) in [6, 6.07) is 9.25. The number of aromatic nitrogens is 4. The minimum Gasteiger partial charge on any atom is -0.336 e. The Labute approximate surface area is 163 Å². The molecule has 0 aliphatic heterocycles. The lowest BCUT2D eigenvalue weighted by Gasteiger charge is -2.19. The number of nitro groups is 1. The van der Waals surface area contributed by atoms with Gasteiger partial charge < -0.3 is 9.88 Å². The Morgan fingerprint density at radius 2 is 2.10 bits per heavy atom. The molecule has 2 aromatic heterocycles. The van der Waals surface area contributed by atoms with Crippen molar-refractivity contribution in [3.8, 4) is 0 Å². The van der Waals surface area contributed by atoms with Crippen molar-refractivity contribution in [2.45, 2.75) is 6.04 Å². The third-order valence-electron chi connectivity index (χ3n) is 4.58. The fourth-order valence-corrected chi connectivity index (χ4v) is 3.13. The van der Waals surface area contributed by atoms with Crippen molar-refractivity contribution >= 4 is 22.5 Å². The summed E-state index contributed by atoms with van der Waals surface area (Å²) in [5.41, 5.74) is 0.517. The number of nitrogens with zero attached hydrogens (tertiary/aromatic N) is 4. The summed E-state index contributed by atoms with van der Waals surface area (Å²) in [7, 11) is 1.73. The third-order valence-corrected chi connectivity index (χ3v) is 4.58. The normalized spacial score (nSPS) is 12.1. The molecule has 0 saturated carbocycles. The molecule has 1 atom stereocenters. The van der Waals surface area contributed by atoms with Gasteiger partial charge in [0.25, 0.3) is 11.6 Å². The van der Waals surface area contributed by atoms with E-state index in [4.69, 9.17) is 0 Å². The number of non-ortho nitro benzene ring substituents is 1. The van der Waals surface area contributed by atoms with Crippen LogP contribution in [0, 0.1) is 15.9 Å². The lowest BCUT2D eigenvalue weighted by Crippen LogP contribution is -2.32. The number of nitro benzene ring substituents is 1. The smallest absolute Gasteiger partial charge is 0.273 e.